The zero-order valence-corrected chi connectivity index (χ0v) is 15.2. The van der Waals surface area contributed by atoms with Gasteiger partial charge in [-0.15, -0.1) is 11.3 Å². The molecule has 0 spiro atoms. The molecule has 1 unspecified atom stereocenters. The molecule has 0 amide bonds. The first-order valence-corrected chi connectivity index (χ1v) is 8.81. The topological polar surface area (TPSA) is 29.9 Å². The summed E-state index contributed by atoms with van der Waals surface area (Å²) in [6.07, 6.45) is 2.69. The van der Waals surface area contributed by atoms with Gasteiger partial charge in [-0.3, -0.25) is 4.68 Å². The fraction of sp³-hybridized carbons (Fsp3) is 0.500. The van der Waals surface area contributed by atoms with Crippen LogP contribution in [0, 0.1) is 0 Å². The minimum Gasteiger partial charge on any atom is -0.305 e. The van der Waals surface area contributed by atoms with Gasteiger partial charge in [0.1, 0.15) is 0 Å². The summed E-state index contributed by atoms with van der Waals surface area (Å²) in [5.41, 5.74) is 1.88. The first kappa shape index (κ1) is 17.1. The Kier molecular flexibility index (Phi) is 5.97. The van der Waals surface area contributed by atoms with Crippen molar-refractivity contribution in [3.05, 3.63) is 37.2 Å². The minimum atomic E-state index is -0.112. The molecular formula is C14H18Cl3N3S. The van der Waals surface area contributed by atoms with E-state index in [0.717, 1.165) is 24.2 Å². The predicted molar refractivity (Wildman–Crippen MR) is 92.1 cm³/mol. The Bertz CT molecular complexity index is 607. The largest absolute Gasteiger partial charge is 0.305 e. The summed E-state index contributed by atoms with van der Waals surface area (Å²) in [4.78, 5) is 0. The Balaban J connectivity index is 2.50. The van der Waals surface area contributed by atoms with Crippen molar-refractivity contribution < 1.29 is 0 Å². The molecule has 2 aromatic heterocycles. The summed E-state index contributed by atoms with van der Waals surface area (Å²) in [5.74, 6) is 0. The normalized spacial score (nSPS) is 13.1. The number of rotatable bonds is 6. The van der Waals surface area contributed by atoms with Crippen LogP contribution in [-0.4, -0.2) is 16.3 Å². The average Bonchev–Trinajstić information content (AvgIpc) is 2.94. The number of nitrogens with zero attached hydrogens (tertiary/aromatic N) is 2. The Morgan fingerprint density at radius 2 is 2.05 bits per heavy atom. The van der Waals surface area contributed by atoms with E-state index in [2.05, 4.69) is 31.2 Å². The number of nitrogens with one attached hydrogen (secondary N) is 1. The maximum Gasteiger partial charge on any atom is 0.0996 e. The third-order valence-electron chi connectivity index (χ3n) is 3.14. The summed E-state index contributed by atoms with van der Waals surface area (Å²) in [7, 11) is 0. The molecule has 2 heterocycles. The van der Waals surface area contributed by atoms with Crippen molar-refractivity contribution in [3.63, 3.8) is 0 Å². The lowest BCUT2D eigenvalue weighted by molar-refractivity contribution is 0.472. The van der Waals surface area contributed by atoms with Crippen LogP contribution in [0.2, 0.25) is 13.7 Å². The fourth-order valence-corrected chi connectivity index (χ4v) is 4.00. The zero-order chi connectivity index (χ0) is 15.6. The highest BCUT2D eigenvalue weighted by Crippen LogP contribution is 2.39. The van der Waals surface area contributed by atoms with Gasteiger partial charge < -0.3 is 5.32 Å². The van der Waals surface area contributed by atoms with Crippen LogP contribution in [0.3, 0.4) is 0 Å². The number of thiophene rings is 1. The Hall–Kier alpha value is -0.260. The molecule has 0 radical (unpaired) electrons. The molecule has 0 fully saturated rings. The standard InChI is InChI=1S/C14H18Cl3N3S/c1-4-5-18-12(9-6-11(16)21-14(9)17)13-10(15)7-19-20(13)8(2)3/h6-8,12,18H,4-5H2,1-3H3. The van der Waals surface area contributed by atoms with Gasteiger partial charge in [-0.25, -0.2) is 0 Å². The monoisotopic (exact) mass is 365 g/mol. The molecule has 116 valence electrons. The molecule has 21 heavy (non-hydrogen) atoms. The molecule has 3 nitrogen and oxygen atoms in total. The van der Waals surface area contributed by atoms with Crippen molar-refractivity contribution >= 4 is 46.1 Å². The lowest BCUT2D eigenvalue weighted by Crippen LogP contribution is -2.26. The van der Waals surface area contributed by atoms with E-state index in [1.807, 2.05) is 10.7 Å². The zero-order valence-electron chi connectivity index (χ0n) is 12.2. The third kappa shape index (κ3) is 3.74. The highest BCUT2D eigenvalue weighted by atomic mass is 35.5. The van der Waals surface area contributed by atoms with Crippen LogP contribution in [-0.2, 0) is 0 Å². The summed E-state index contributed by atoms with van der Waals surface area (Å²) < 4.78 is 3.28. The van der Waals surface area contributed by atoms with E-state index in [9.17, 15) is 0 Å². The highest BCUT2D eigenvalue weighted by Gasteiger charge is 2.26. The second-order valence-corrected chi connectivity index (χ2v) is 7.78. The third-order valence-corrected chi connectivity index (χ3v) is 4.95. The maximum absolute atomic E-state index is 6.38. The number of hydrogen-bond acceptors (Lipinski definition) is 3. The summed E-state index contributed by atoms with van der Waals surface area (Å²) in [6.45, 7) is 7.12. The average molecular weight is 367 g/mol. The summed E-state index contributed by atoms with van der Waals surface area (Å²) in [6, 6.07) is 2.00. The van der Waals surface area contributed by atoms with Gasteiger partial charge in [-0.1, -0.05) is 41.7 Å². The number of hydrogen-bond donors (Lipinski definition) is 1. The molecule has 0 saturated heterocycles. The van der Waals surface area contributed by atoms with E-state index in [1.165, 1.54) is 11.3 Å². The molecule has 0 aliphatic heterocycles. The van der Waals surface area contributed by atoms with Gasteiger partial charge in [0, 0.05) is 11.6 Å². The Labute approximate surface area is 144 Å². The first-order chi connectivity index (χ1) is 9.95. The summed E-state index contributed by atoms with van der Waals surface area (Å²) in [5, 5.41) is 8.51. The lowest BCUT2D eigenvalue weighted by Gasteiger charge is -2.22. The second kappa shape index (κ2) is 7.34. The van der Waals surface area contributed by atoms with E-state index >= 15 is 0 Å². The molecule has 2 rings (SSSR count). The van der Waals surface area contributed by atoms with E-state index in [1.54, 1.807) is 6.20 Å². The molecule has 0 aliphatic carbocycles. The van der Waals surface area contributed by atoms with Gasteiger partial charge >= 0.3 is 0 Å². The highest BCUT2D eigenvalue weighted by molar-refractivity contribution is 7.20. The predicted octanol–water partition coefficient (Wildman–Crippen LogP) is 5.57. The van der Waals surface area contributed by atoms with Crippen molar-refractivity contribution in [1.29, 1.82) is 0 Å². The molecule has 2 aromatic rings. The fourth-order valence-electron chi connectivity index (χ4n) is 2.22. The quantitative estimate of drug-likeness (QED) is 0.723. The van der Waals surface area contributed by atoms with Crippen LogP contribution in [0.15, 0.2) is 12.3 Å². The van der Waals surface area contributed by atoms with Crippen molar-refractivity contribution in [3.8, 4) is 0 Å². The molecule has 0 aliphatic rings. The van der Waals surface area contributed by atoms with Crippen LogP contribution in [0.1, 0.15) is 50.5 Å². The van der Waals surface area contributed by atoms with Crippen LogP contribution in [0.25, 0.3) is 0 Å². The SMILES string of the molecule is CCCNC(c1cc(Cl)sc1Cl)c1c(Cl)cnn1C(C)C. The van der Waals surface area contributed by atoms with Crippen molar-refractivity contribution in [2.75, 3.05) is 6.54 Å². The molecule has 0 saturated carbocycles. The number of aromatic nitrogens is 2. The van der Waals surface area contributed by atoms with E-state index in [-0.39, 0.29) is 12.1 Å². The van der Waals surface area contributed by atoms with Crippen LogP contribution >= 0.6 is 46.1 Å². The molecule has 0 bridgehead atoms. The minimum absolute atomic E-state index is 0.112. The van der Waals surface area contributed by atoms with Crippen LogP contribution < -0.4 is 5.32 Å². The van der Waals surface area contributed by atoms with Crippen LogP contribution in [0.4, 0.5) is 0 Å². The molecule has 0 aromatic carbocycles. The molecular weight excluding hydrogens is 349 g/mol. The Morgan fingerprint density at radius 1 is 1.33 bits per heavy atom. The van der Waals surface area contributed by atoms with Gasteiger partial charge in [0.05, 0.1) is 31.6 Å². The van der Waals surface area contributed by atoms with Gasteiger partial charge in [0.2, 0.25) is 0 Å². The molecule has 1 N–H and O–H groups in total. The number of halogens is 3. The van der Waals surface area contributed by atoms with Crippen molar-refractivity contribution in [2.24, 2.45) is 0 Å². The van der Waals surface area contributed by atoms with Gasteiger partial charge in [-0.2, -0.15) is 5.10 Å². The molecule has 1 atom stereocenters. The lowest BCUT2D eigenvalue weighted by atomic mass is 10.1. The van der Waals surface area contributed by atoms with Crippen molar-refractivity contribution in [1.82, 2.24) is 15.1 Å². The van der Waals surface area contributed by atoms with E-state index in [4.69, 9.17) is 34.8 Å². The summed E-state index contributed by atoms with van der Waals surface area (Å²) >= 11 is 20.2. The Morgan fingerprint density at radius 3 is 2.57 bits per heavy atom. The van der Waals surface area contributed by atoms with E-state index in [0.29, 0.717) is 13.7 Å². The second-order valence-electron chi connectivity index (χ2n) is 5.08. The molecule has 7 heteroatoms. The van der Waals surface area contributed by atoms with Gasteiger partial charge in [-0.05, 0) is 32.9 Å². The maximum atomic E-state index is 6.38. The van der Waals surface area contributed by atoms with Gasteiger partial charge in [0.25, 0.3) is 0 Å². The van der Waals surface area contributed by atoms with Gasteiger partial charge in [0.15, 0.2) is 0 Å². The first-order valence-electron chi connectivity index (χ1n) is 6.86. The van der Waals surface area contributed by atoms with Crippen LogP contribution in [0.5, 0.6) is 0 Å². The smallest absolute Gasteiger partial charge is 0.0996 e. The van der Waals surface area contributed by atoms with E-state index < -0.39 is 0 Å². The van der Waals surface area contributed by atoms with Crippen molar-refractivity contribution in [2.45, 2.75) is 39.3 Å².